The molecule has 0 aromatic carbocycles. The zero-order valence-electron chi connectivity index (χ0n) is 13.9. The number of nitrogens with zero attached hydrogens (tertiary/aromatic N) is 1. The minimum atomic E-state index is -2.08. The van der Waals surface area contributed by atoms with Crippen molar-refractivity contribution in [3.05, 3.63) is 0 Å². The predicted molar refractivity (Wildman–Crippen MR) is 87.1 cm³/mol. The molecule has 0 aromatic rings. The van der Waals surface area contributed by atoms with Gasteiger partial charge in [0.15, 0.2) is 0 Å². The van der Waals surface area contributed by atoms with E-state index in [0.717, 1.165) is 25.7 Å². The molecule has 0 rings (SSSR count). The summed E-state index contributed by atoms with van der Waals surface area (Å²) in [6, 6.07) is 0. The molecule has 0 aliphatic carbocycles. The first-order valence-electron chi connectivity index (χ1n) is 8.43. The summed E-state index contributed by atoms with van der Waals surface area (Å²) in [6.07, 6.45) is 9.20. The lowest BCUT2D eigenvalue weighted by Crippen LogP contribution is -2.35. The molecule has 3 atom stereocenters. The molecule has 20 heavy (non-hydrogen) atoms. The first kappa shape index (κ1) is 20.1. The van der Waals surface area contributed by atoms with Crippen LogP contribution in [0.15, 0.2) is 0 Å². The number of unbranched alkanes of at least 4 members (excludes halogenated alkanes) is 2. The Kier molecular flexibility index (Phi) is 12.8. The largest absolute Gasteiger partial charge is 0.760 e. The summed E-state index contributed by atoms with van der Waals surface area (Å²) < 4.78 is 24.6. The van der Waals surface area contributed by atoms with Crippen LogP contribution in [0.4, 0.5) is 0 Å². The maximum Gasteiger partial charge on any atom is 0.0209 e. The maximum atomic E-state index is 11.5. The summed E-state index contributed by atoms with van der Waals surface area (Å²) >= 11 is -2.08. The average molecular weight is 305 g/mol. The Labute approximate surface area is 128 Å². The van der Waals surface area contributed by atoms with Gasteiger partial charge in [-0.3, -0.25) is 4.21 Å². The smallest absolute Gasteiger partial charge is 0.0209 e. The third-order valence-corrected chi connectivity index (χ3v) is 4.94. The van der Waals surface area contributed by atoms with E-state index in [-0.39, 0.29) is 0 Å². The van der Waals surface area contributed by atoms with E-state index in [0.29, 0.717) is 24.9 Å². The van der Waals surface area contributed by atoms with Crippen LogP contribution >= 0.6 is 0 Å². The minimum Gasteiger partial charge on any atom is -0.760 e. The molecular weight excluding hydrogens is 270 g/mol. The van der Waals surface area contributed by atoms with Crippen LogP contribution in [0, 0.1) is 11.8 Å². The lowest BCUT2D eigenvalue weighted by Gasteiger charge is -2.31. The average Bonchev–Trinajstić information content (AvgIpc) is 2.45. The molecule has 0 spiro atoms. The van der Waals surface area contributed by atoms with Crippen molar-refractivity contribution < 1.29 is 8.76 Å². The molecule has 4 heteroatoms. The zero-order chi connectivity index (χ0) is 15.4. The second kappa shape index (κ2) is 12.8. The summed E-state index contributed by atoms with van der Waals surface area (Å²) in [5, 5.41) is 0. The second-order valence-corrected chi connectivity index (χ2v) is 6.85. The van der Waals surface area contributed by atoms with Crippen LogP contribution in [0.3, 0.4) is 0 Å². The van der Waals surface area contributed by atoms with E-state index in [4.69, 9.17) is 0 Å². The quantitative estimate of drug-likeness (QED) is 0.470. The molecule has 3 nitrogen and oxygen atoms in total. The molecule has 0 amide bonds. The van der Waals surface area contributed by atoms with Gasteiger partial charge in [-0.15, -0.1) is 0 Å². The van der Waals surface area contributed by atoms with Gasteiger partial charge in [0.1, 0.15) is 0 Å². The van der Waals surface area contributed by atoms with Gasteiger partial charge in [-0.05, 0) is 24.7 Å². The van der Waals surface area contributed by atoms with Crippen molar-refractivity contribution >= 4 is 11.3 Å². The van der Waals surface area contributed by atoms with Crippen LogP contribution in [-0.4, -0.2) is 26.2 Å². The second-order valence-electron chi connectivity index (χ2n) is 5.90. The molecule has 0 saturated heterocycles. The normalized spacial score (nSPS) is 16.3. The molecule has 0 heterocycles. The van der Waals surface area contributed by atoms with E-state index < -0.39 is 11.3 Å². The highest BCUT2D eigenvalue weighted by molar-refractivity contribution is 7.76. The molecule has 0 fully saturated rings. The van der Waals surface area contributed by atoms with Crippen molar-refractivity contribution in [3.63, 3.8) is 0 Å². The highest BCUT2D eigenvalue weighted by Crippen LogP contribution is 2.19. The van der Waals surface area contributed by atoms with E-state index in [9.17, 15) is 8.76 Å². The number of hydrogen-bond acceptors (Lipinski definition) is 2. The Morgan fingerprint density at radius 1 is 0.900 bits per heavy atom. The summed E-state index contributed by atoms with van der Waals surface area (Å²) in [6.45, 7) is 10.1. The number of rotatable bonds is 13. The van der Waals surface area contributed by atoms with Gasteiger partial charge in [0.25, 0.3) is 0 Å². The molecule has 0 bridgehead atoms. The molecular formula is C16H34NO2S-. The molecule has 0 aliphatic rings. The van der Waals surface area contributed by atoms with Crippen LogP contribution in [0.2, 0.25) is 0 Å². The topological polar surface area (TPSA) is 43.4 Å². The van der Waals surface area contributed by atoms with Gasteiger partial charge in [-0.1, -0.05) is 66.2 Å². The van der Waals surface area contributed by atoms with E-state index in [1.807, 2.05) is 0 Å². The van der Waals surface area contributed by atoms with Crippen molar-refractivity contribution in [3.8, 4) is 0 Å². The molecule has 0 N–H and O–H groups in total. The maximum absolute atomic E-state index is 11.5. The summed E-state index contributed by atoms with van der Waals surface area (Å²) in [7, 11) is 0. The van der Waals surface area contributed by atoms with Crippen LogP contribution in [-0.2, 0) is 11.3 Å². The van der Waals surface area contributed by atoms with Gasteiger partial charge in [-0.25, -0.2) is 4.31 Å². The van der Waals surface area contributed by atoms with Crippen molar-refractivity contribution in [2.24, 2.45) is 11.8 Å². The predicted octanol–water partition coefficient (Wildman–Crippen LogP) is 4.52. The van der Waals surface area contributed by atoms with E-state index >= 15 is 0 Å². The van der Waals surface area contributed by atoms with E-state index in [1.165, 1.54) is 25.7 Å². The summed E-state index contributed by atoms with van der Waals surface area (Å²) in [5.41, 5.74) is 0. The van der Waals surface area contributed by atoms with Crippen molar-refractivity contribution in [1.29, 1.82) is 0 Å². The third kappa shape index (κ3) is 9.09. The molecule has 0 radical (unpaired) electrons. The summed E-state index contributed by atoms with van der Waals surface area (Å²) in [5.74, 6) is 1.02. The van der Waals surface area contributed by atoms with Gasteiger partial charge < -0.3 is 4.55 Å². The van der Waals surface area contributed by atoms with Crippen molar-refractivity contribution in [1.82, 2.24) is 4.31 Å². The van der Waals surface area contributed by atoms with Crippen molar-refractivity contribution in [2.45, 2.75) is 79.1 Å². The molecule has 0 saturated carbocycles. The minimum absolute atomic E-state index is 0.511. The fourth-order valence-electron chi connectivity index (χ4n) is 2.61. The Bertz CT molecular complexity index is 231. The zero-order valence-corrected chi connectivity index (χ0v) is 14.7. The Morgan fingerprint density at radius 2 is 1.30 bits per heavy atom. The Morgan fingerprint density at radius 3 is 1.55 bits per heavy atom. The molecule has 0 aromatic heterocycles. The third-order valence-electron chi connectivity index (χ3n) is 4.22. The monoisotopic (exact) mass is 304 g/mol. The lowest BCUT2D eigenvalue weighted by molar-refractivity contribution is 0.264. The van der Waals surface area contributed by atoms with Crippen LogP contribution < -0.4 is 0 Å². The highest BCUT2D eigenvalue weighted by Gasteiger charge is 2.17. The van der Waals surface area contributed by atoms with Gasteiger partial charge in [0.05, 0.1) is 0 Å². The summed E-state index contributed by atoms with van der Waals surface area (Å²) in [4.78, 5) is 0. The SMILES string of the molecule is CCCCC(CC)CN(CC(CC)CCCC)S(=O)[O-]. The van der Waals surface area contributed by atoms with Gasteiger partial charge >= 0.3 is 0 Å². The number of hydrogen-bond donors (Lipinski definition) is 0. The molecule has 0 aliphatic heterocycles. The fourth-order valence-corrected chi connectivity index (χ4v) is 3.27. The van der Waals surface area contributed by atoms with E-state index in [1.54, 1.807) is 4.31 Å². The van der Waals surface area contributed by atoms with Crippen LogP contribution in [0.1, 0.15) is 79.1 Å². The fraction of sp³-hybridized carbons (Fsp3) is 1.00. The van der Waals surface area contributed by atoms with Gasteiger partial charge in [0, 0.05) is 24.4 Å². The first-order chi connectivity index (χ1) is 9.58. The molecule has 3 unspecified atom stereocenters. The Hall–Kier alpha value is 0.0700. The van der Waals surface area contributed by atoms with Gasteiger partial charge in [0.2, 0.25) is 0 Å². The molecule has 122 valence electrons. The first-order valence-corrected chi connectivity index (χ1v) is 9.46. The van der Waals surface area contributed by atoms with Crippen LogP contribution in [0.25, 0.3) is 0 Å². The van der Waals surface area contributed by atoms with Crippen molar-refractivity contribution in [2.75, 3.05) is 13.1 Å². The lowest BCUT2D eigenvalue weighted by atomic mass is 9.97. The standard InChI is InChI=1S/C16H35NO2S/c1-5-9-11-15(7-3)13-17(20(18)19)14-16(8-4)12-10-6-2/h15-16H,5-14H2,1-4H3,(H,18,19)/p-1. The van der Waals surface area contributed by atoms with Crippen LogP contribution in [0.5, 0.6) is 0 Å². The van der Waals surface area contributed by atoms with E-state index in [2.05, 4.69) is 27.7 Å². The Balaban J connectivity index is 4.41. The highest BCUT2D eigenvalue weighted by atomic mass is 32.2. The van der Waals surface area contributed by atoms with Gasteiger partial charge in [-0.2, -0.15) is 0 Å².